The second-order valence-electron chi connectivity index (χ2n) is 6.28. The Kier molecular flexibility index (Phi) is 11.1. The Morgan fingerprint density at radius 3 is 2.34 bits per heavy atom. The number of alkyl halides is 2. The van der Waals surface area contributed by atoms with Crippen molar-refractivity contribution >= 4 is 11.9 Å². The largest absolute Gasteiger partial charge is 0.464 e. The topological polar surface area (TPSA) is 57.1 Å². The average molecular weight is 455 g/mol. The predicted octanol–water partition coefficient (Wildman–Crippen LogP) is 5.11. The van der Waals surface area contributed by atoms with Crippen LogP contribution < -0.4 is 0 Å². The first-order valence-electron chi connectivity index (χ1n) is 9.35. The van der Waals surface area contributed by atoms with E-state index in [0.717, 1.165) is 20.3 Å². The highest BCUT2D eigenvalue weighted by molar-refractivity contribution is 5.97. The summed E-state index contributed by atoms with van der Waals surface area (Å²) in [4.78, 5) is 15.5. The number of aliphatic imine (C=N–C) groups is 1. The second kappa shape index (κ2) is 13.3. The summed E-state index contributed by atoms with van der Waals surface area (Å²) in [5.41, 5.74) is -0.686. The Morgan fingerprint density at radius 2 is 1.88 bits per heavy atom. The Balaban J connectivity index is 3.78. The first kappa shape index (κ1) is 26.8. The van der Waals surface area contributed by atoms with Crippen LogP contribution in [0.2, 0.25) is 0 Å². The zero-order valence-corrected chi connectivity index (χ0v) is 18.2. The molecule has 0 saturated heterocycles. The number of hydrogen-bond acceptors (Lipinski definition) is 5. The van der Waals surface area contributed by atoms with Gasteiger partial charge in [0.1, 0.15) is 5.82 Å². The molecule has 1 aromatic carbocycles. The monoisotopic (exact) mass is 455 g/mol. The third-order valence-electron chi connectivity index (χ3n) is 4.19. The maximum absolute atomic E-state index is 14.3. The Hall–Kier alpha value is -3.20. The summed E-state index contributed by atoms with van der Waals surface area (Å²) >= 11 is 0. The molecule has 0 bridgehead atoms. The number of allylic oxidation sites excluding steroid dienone is 6. The molecular formula is C23H25F4NO4. The molecule has 1 rings (SSSR count). The molecule has 1 aromatic rings. The van der Waals surface area contributed by atoms with Crippen molar-refractivity contribution in [2.45, 2.75) is 26.1 Å². The van der Waals surface area contributed by atoms with Crippen molar-refractivity contribution in [1.82, 2.24) is 0 Å². The normalized spacial score (nSPS) is 14.7. The molecule has 5 nitrogen and oxygen atoms in total. The van der Waals surface area contributed by atoms with Crippen LogP contribution in [-0.4, -0.2) is 45.8 Å². The zero-order chi connectivity index (χ0) is 24.3. The molecule has 32 heavy (non-hydrogen) atoms. The molecule has 174 valence electrons. The van der Waals surface area contributed by atoms with Gasteiger partial charge in [-0.25, -0.2) is 22.4 Å². The lowest BCUT2D eigenvalue weighted by atomic mass is 9.92. The van der Waals surface area contributed by atoms with E-state index in [9.17, 15) is 22.4 Å². The summed E-state index contributed by atoms with van der Waals surface area (Å²) in [6.45, 7) is 4.77. The van der Waals surface area contributed by atoms with Crippen LogP contribution in [0.1, 0.15) is 12.5 Å². The molecular weight excluding hydrogens is 430 g/mol. The molecule has 0 aliphatic carbocycles. The molecule has 0 heterocycles. The van der Waals surface area contributed by atoms with Crippen molar-refractivity contribution in [2.75, 3.05) is 21.3 Å². The van der Waals surface area contributed by atoms with Crippen molar-refractivity contribution in [1.29, 1.82) is 0 Å². The van der Waals surface area contributed by atoms with E-state index in [1.807, 2.05) is 0 Å². The Morgan fingerprint density at radius 1 is 1.22 bits per heavy atom. The number of ether oxygens (including phenoxy) is 3. The predicted molar refractivity (Wildman–Crippen MR) is 114 cm³/mol. The fourth-order valence-corrected chi connectivity index (χ4v) is 2.66. The highest BCUT2D eigenvalue weighted by atomic mass is 19.3. The number of nitrogens with zero attached hydrogens (tertiary/aromatic N) is 1. The van der Waals surface area contributed by atoms with Gasteiger partial charge in [0.2, 0.25) is 5.90 Å². The third-order valence-corrected chi connectivity index (χ3v) is 4.19. The molecule has 0 aromatic heterocycles. The molecule has 0 saturated carbocycles. The van der Waals surface area contributed by atoms with Crippen LogP contribution in [0.15, 0.2) is 76.6 Å². The fraction of sp³-hybridized carbons (Fsp3) is 0.304. The van der Waals surface area contributed by atoms with Crippen LogP contribution in [0.5, 0.6) is 0 Å². The van der Waals surface area contributed by atoms with E-state index in [-0.39, 0.29) is 23.1 Å². The van der Waals surface area contributed by atoms with Gasteiger partial charge >= 0.3 is 12.3 Å². The minimum atomic E-state index is -3.16. The molecule has 0 N–H and O–H groups in total. The maximum Gasteiger partial charge on any atom is 0.376 e. The maximum atomic E-state index is 14.3. The van der Waals surface area contributed by atoms with Gasteiger partial charge in [0.05, 0.1) is 18.5 Å². The number of hydrogen-bond donors (Lipinski definition) is 0. The molecule has 1 atom stereocenters. The minimum Gasteiger partial charge on any atom is -0.464 e. The lowest BCUT2D eigenvalue weighted by Crippen LogP contribution is -2.32. The van der Waals surface area contributed by atoms with Crippen LogP contribution in [0.4, 0.5) is 17.6 Å². The number of benzene rings is 1. The van der Waals surface area contributed by atoms with Crippen LogP contribution in [0.3, 0.4) is 0 Å². The van der Waals surface area contributed by atoms with Gasteiger partial charge in [0.25, 0.3) is 6.43 Å². The van der Waals surface area contributed by atoms with Gasteiger partial charge in [-0.3, -0.25) is 4.99 Å². The summed E-state index contributed by atoms with van der Waals surface area (Å²) in [6.07, 6.45) is -1.66. The van der Waals surface area contributed by atoms with Gasteiger partial charge in [0, 0.05) is 20.6 Å². The first-order chi connectivity index (χ1) is 15.2. The molecule has 0 spiro atoms. The highest BCUT2D eigenvalue weighted by Crippen LogP contribution is 2.28. The van der Waals surface area contributed by atoms with E-state index in [1.165, 1.54) is 44.3 Å². The van der Waals surface area contributed by atoms with Crippen LogP contribution in [0, 0.1) is 5.82 Å². The van der Waals surface area contributed by atoms with Crippen molar-refractivity contribution in [3.8, 4) is 0 Å². The summed E-state index contributed by atoms with van der Waals surface area (Å²) in [7, 11) is 3.36. The molecule has 0 aliphatic heterocycles. The van der Waals surface area contributed by atoms with Gasteiger partial charge in [0.15, 0.2) is 0 Å². The minimum absolute atomic E-state index is 0.0809. The number of carbonyl (C=O) groups is 1. The van der Waals surface area contributed by atoms with Gasteiger partial charge in [-0.05, 0) is 35.8 Å². The SMILES string of the molecule is C=CC(=C\C=C(/C)F)/C(Cc1ccccc1F)=C(/C(=N\C)OC(OC)C(=O)OC)C(F)F. The summed E-state index contributed by atoms with van der Waals surface area (Å²) < 4.78 is 70.9. The highest BCUT2D eigenvalue weighted by Gasteiger charge is 2.30. The molecule has 0 aliphatic rings. The number of halogens is 4. The third kappa shape index (κ3) is 7.49. The van der Waals surface area contributed by atoms with Crippen LogP contribution >= 0.6 is 0 Å². The lowest BCUT2D eigenvalue weighted by molar-refractivity contribution is -0.172. The summed E-state index contributed by atoms with van der Waals surface area (Å²) in [6, 6.07) is 5.61. The summed E-state index contributed by atoms with van der Waals surface area (Å²) in [5.74, 6) is -2.82. The standard InChI is InChI=1S/C23H25F4NO4/c1-6-15(12-11-14(2)24)17(13-16-9-7-8-10-18(16)25)19(20(26)27)21(28-3)32-23(31-5)22(29)30-4/h6-12,20,23H,1,13H2,2-5H3/b14-11+,15-12+,19-17+,28-21+. The lowest BCUT2D eigenvalue weighted by Gasteiger charge is -2.21. The van der Waals surface area contributed by atoms with E-state index in [2.05, 4.69) is 16.3 Å². The van der Waals surface area contributed by atoms with Crippen LogP contribution in [0.25, 0.3) is 0 Å². The van der Waals surface area contributed by atoms with E-state index in [1.54, 1.807) is 6.07 Å². The smallest absolute Gasteiger partial charge is 0.376 e. The Labute approximate surface area is 184 Å². The molecule has 0 amide bonds. The number of methoxy groups -OCH3 is 2. The molecule has 9 heteroatoms. The first-order valence-corrected chi connectivity index (χ1v) is 9.35. The van der Waals surface area contributed by atoms with E-state index in [0.29, 0.717) is 0 Å². The summed E-state index contributed by atoms with van der Waals surface area (Å²) in [5, 5.41) is 0. The van der Waals surface area contributed by atoms with Gasteiger partial charge in [-0.1, -0.05) is 36.9 Å². The van der Waals surface area contributed by atoms with Gasteiger partial charge < -0.3 is 14.2 Å². The van der Waals surface area contributed by atoms with Crippen molar-refractivity contribution in [3.63, 3.8) is 0 Å². The molecule has 0 fully saturated rings. The van der Waals surface area contributed by atoms with Crippen molar-refractivity contribution < 1.29 is 36.6 Å². The van der Waals surface area contributed by atoms with E-state index in [4.69, 9.17) is 9.47 Å². The number of rotatable bonds is 10. The van der Waals surface area contributed by atoms with Crippen molar-refractivity contribution in [3.05, 3.63) is 83.0 Å². The van der Waals surface area contributed by atoms with E-state index < -0.39 is 41.8 Å². The zero-order valence-electron chi connectivity index (χ0n) is 18.2. The Bertz CT molecular complexity index is 932. The average Bonchev–Trinajstić information content (AvgIpc) is 2.76. The van der Waals surface area contributed by atoms with Gasteiger partial charge in [-0.2, -0.15) is 0 Å². The number of carbonyl (C=O) groups excluding carboxylic acids is 1. The van der Waals surface area contributed by atoms with Crippen molar-refractivity contribution in [2.24, 2.45) is 4.99 Å². The molecule has 1 unspecified atom stereocenters. The number of esters is 1. The fourth-order valence-electron chi connectivity index (χ4n) is 2.66. The molecule has 0 radical (unpaired) electrons. The van der Waals surface area contributed by atoms with Gasteiger partial charge in [-0.15, -0.1) is 0 Å². The van der Waals surface area contributed by atoms with E-state index >= 15 is 0 Å². The van der Waals surface area contributed by atoms with Crippen LogP contribution in [-0.2, 0) is 25.4 Å². The second-order valence-corrected chi connectivity index (χ2v) is 6.28. The quantitative estimate of drug-likeness (QED) is 0.123.